The molecule has 204 valence electrons. The van der Waals surface area contributed by atoms with Crippen LogP contribution in [0.3, 0.4) is 0 Å². The second kappa shape index (κ2) is 11.6. The Morgan fingerprint density at radius 2 is 0.872 bits per heavy atom. The van der Waals surface area contributed by atoms with Crippen LogP contribution in [-0.2, 0) is 9.84 Å². The molecule has 4 aromatic carbocycles. The Labute approximate surface area is 228 Å². The molecule has 0 N–H and O–H groups in total. The van der Waals surface area contributed by atoms with E-state index in [2.05, 4.69) is 0 Å². The van der Waals surface area contributed by atoms with E-state index in [1.165, 1.54) is 26.4 Å². The SMILES string of the molecule is COc1cc(OC)c(-c2c(OC)cc(Oc3ccc(S(=O)(=O)c4ccc(C)cc4)cc3)cc2OC)c(OC)c1. The van der Waals surface area contributed by atoms with Gasteiger partial charge < -0.3 is 28.4 Å². The summed E-state index contributed by atoms with van der Waals surface area (Å²) in [4.78, 5) is 0.402. The van der Waals surface area contributed by atoms with Gasteiger partial charge in [0.15, 0.2) is 0 Å². The largest absolute Gasteiger partial charge is 0.496 e. The molecule has 8 nitrogen and oxygen atoms in total. The first-order valence-electron chi connectivity index (χ1n) is 11.9. The van der Waals surface area contributed by atoms with Crippen molar-refractivity contribution >= 4 is 9.84 Å². The van der Waals surface area contributed by atoms with Gasteiger partial charge in [0.2, 0.25) is 9.84 Å². The molecule has 0 unspecified atom stereocenters. The lowest BCUT2D eigenvalue weighted by Crippen LogP contribution is -2.02. The molecule has 0 aliphatic carbocycles. The number of rotatable bonds is 10. The fraction of sp³-hybridized carbons (Fsp3) is 0.200. The molecular weight excluding hydrogens is 520 g/mol. The van der Waals surface area contributed by atoms with Gasteiger partial charge in [0.05, 0.1) is 56.5 Å². The van der Waals surface area contributed by atoms with Gasteiger partial charge in [-0.05, 0) is 43.3 Å². The Morgan fingerprint density at radius 3 is 1.26 bits per heavy atom. The first-order valence-corrected chi connectivity index (χ1v) is 13.4. The van der Waals surface area contributed by atoms with Crippen LogP contribution in [0.25, 0.3) is 11.1 Å². The van der Waals surface area contributed by atoms with Crippen LogP contribution in [0.2, 0.25) is 0 Å². The molecule has 0 aliphatic heterocycles. The number of methoxy groups -OCH3 is 5. The minimum Gasteiger partial charge on any atom is -0.496 e. The zero-order valence-electron chi connectivity index (χ0n) is 22.6. The lowest BCUT2D eigenvalue weighted by molar-refractivity contribution is 0.372. The summed E-state index contributed by atoms with van der Waals surface area (Å²) < 4.78 is 60.1. The Bertz CT molecular complexity index is 1510. The molecule has 4 aromatic rings. The van der Waals surface area contributed by atoms with Crippen molar-refractivity contribution < 1.29 is 36.8 Å². The molecule has 39 heavy (non-hydrogen) atoms. The van der Waals surface area contributed by atoms with Crippen LogP contribution in [-0.4, -0.2) is 44.0 Å². The molecular formula is C30H30O8S. The van der Waals surface area contributed by atoms with Gasteiger partial charge in [-0.1, -0.05) is 17.7 Å². The van der Waals surface area contributed by atoms with Crippen LogP contribution in [0.5, 0.6) is 40.2 Å². The molecule has 0 heterocycles. The highest BCUT2D eigenvalue weighted by molar-refractivity contribution is 7.91. The lowest BCUT2D eigenvalue weighted by atomic mass is 10.00. The highest BCUT2D eigenvalue weighted by Gasteiger charge is 2.24. The normalized spacial score (nSPS) is 11.0. The molecule has 0 saturated heterocycles. The van der Waals surface area contributed by atoms with Crippen LogP contribution in [0.4, 0.5) is 0 Å². The smallest absolute Gasteiger partial charge is 0.206 e. The van der Waals surface area contributed by atoms with Crippen molar-refractivity contribution in [3.8, 4) is 51.4 Å². The van der Waals surface area contributed by atoms with E-state index in [1.807, 2.05) is 6.92 Å². The Balaban J connectivity index is 1.71. The highest BCUT2D eigenvalue weighted by Crippen LogP contribution is 2.51. The predicted molar refractivity (Wildman–Crippen MR) is 148 cm³/mol. The standard InChI is InChI=1S/C30H30O8S/c1-19-7-11-23(12-8-19)39(31,32)24-13-9-20(10-14-24)38-22-17-27(36-5)30(28(18-22)37-6)29-25(34-3)15-21(33-2)16-26(29)35-4/h7-18H,1-6H3. The van der Waals surface area contributed by atoms with E-state index in [-0.39, 0.29) is 9.79 Å². The summed E-state index contributed by atoms with van der Waals surface area (Å²) in [6.07, 6.45) is 0. The zero-order chi connectivity index (χ0) is 28.2. The van der Waals surface area contributed by atoms with Crippen LogP contribution in [0.15, 0.2) is 82.6 Å². The minimum absolute atomic E-state index is 0.169. The Hall–Kier alpha value is -4.37. The number of sulfone groups is 1. The third-order valence-electron chi connectivity index (χ3n) is 6.15. The molecule has 0 aliphatic rings. The van der Waals surface area contributed by atoms with Crippen molar-refractivity contribution in [2.45, 2.75) is 16.7 Å². The highest BCUT2D eigenvalue weighted by atomic mass is 32.2. The second-order valence-corrected chi connectivity index (χ2v) is 10.4. The maximum absolute atomic E-state index is 13.0. The number of hydrogen-bond acceptors (Lipinski definition) is 8. The van der Waals surface area contributed by atoms with Gasteiger partial charge in [0, 0.05) is 24.3 Å². The molecule has 0 amide bonds. The maximum Gasteiger partial charge on any atom is 0.206 e. The van der Waals surface area contributed by atoms with Crippen molar-refractivity contribution in [1.29, 1.82) is 0 Å². The zero-order valence-corrected chi connectivity index (χ0v) is 23.4. The molecule has 0 fully saturated rings. The summed E-state index contributed by atoms with van der Waals surface area (Å²) in [5, 5.41) is 0. The fourth-order valence-electron chi connectivity index (χ4n) is 4.12. The van der Waals surface area contributed by atoms with E-state index in [9.17, 15) is 8.42 Å². The number of hydrogen-bond donors (Lipinski definition) is 0. The third-order valence-corrected chi connectivity index (χ3v) is 7.93. The molecule has 0 atom stereocenters. The van der Waals surface area contributed by atoms with Crippen LogP contribution in [0.1, 0.15) is 5.56 Å². The van der Waals surface area contributed by atoms with E-state index in [1.54, 1.807) is 82.0 Å². The fourth-order valence-corrected chi connectivity index (χ4v) is 5.38. The summed E-state index contributed by atoms with van der Waals surface area (Å²) in [5.41, 5.74) is 2.20. The van der Waals surface area contributed by atoms with Crippen LogP contribution < -0.4 is 28.4 Å². The summed E-state index contributed by atoms with van der Waals surface area (Å²) >= 11 is 0. The molecule has 4 rings (SSSR count). The van der Waals surface area contributed by atoms with E-state index >= 15 is 0 Å². The first-order chi connectivity index (χ1) is 18.7. The third kappa shape index (κ3) is 5.58. The minimum atomic E-state index is -3.65. The maximum atomic E-state index is 13.0. The average molecular weight is 551 g/mol. The van der Waals surface area contributed by atoms with Gasteiger partial charge in [-0.2, -0.15) is 0 Å². The number of ether oxygens (including phenoxy) is 6. The predicted octanol–water partition coefficient (Wildman–Crippen LogP) is 6.33. The van der Waals surface area contributed by atoms with Gasteiger partial charge in [-0.25, -0.2) is 8.42 Å². The van der Waals surface area contributed by atoms with Crippen LogP contribution in [0, 0.1) is 6.92 Å². The van der Waals surface area contributed by atoms with E-state index in [0.717, 1.165) is 5.56 Å². The molecule has 0 radical (unpaired) electrons. The van der Waals surface area contributed by atoms with Crippen molar-refractivity contribution in [3.63, 3.8) is 0 Å². The first kappa shape index (κ1) is 27.7. The van der Waals surface area contributed by atoms with E-state index in [4.69, 9.17) is 28.4 Å². The lowest BCUT2D eigenvalue weighted by Gasteiger charge is -2.20. The summed E-state index contributed by atoms with van der Waals surface area (Å²) in [7, 11) is 4.09. The van der Waals surface area contributed by atoms with Gasteiger partial charge >= 0.3 is 0 Å². The van der Waals surface area contributed by atoms with Gasteiger partial charge in [-0.15, -0.1) is 0 Å². The summed E-state index contributed by atoms with van der Waals surface area (Å²) in [5.74, 6) is 3.33. The Morgan fingerprint density at radius 1 is 0.487 bits per heavy atom. The molecule has 9 heteroatoms. The van der Waals surface area contributed by atoms with Crippen LogP contribution >= 0.6 is 0 Å². The summed E-state index contributed by atoms with van der Waals surface area (Å²) in [6, 6.07) is 19.9. The van der Waals surface area contributed by atoms with E-state index in [0.29, 0.717) is 51.4 Å². The number of aryl methyl sites for hydroxylation is 1. The molecule has 0 spiro atoms. The van der Waals surface area contributed by atoms with Gasteiger partial charge in [0.25, 0.3) is 0 Å². The molecule has 0 bridgehead atoms. The summed E-state index contributed by atoms with van der Waals surface area (Å²) in [6.45, 7) is 1.91. The topological polar surface area (TPSA) is 89.5 Å². The molecule has 0 aromatic heterocycles. The second-order valence-electron chi connectivity index (χ2n) is 8.50. The van der Waals surface area contributed by atoms with Gasteiger partial charge in [0.1, 0.15) is 40.2 Å². The van der Waals surface area contributed by atoms with Crippen molar-refractivity contribution in [1.82, 2.24) is 0 Å². The monoisotopic (exact) mass is 550 g/mol. The Kier molecular flexibility index (Phi) is 8.21. The average Bonchev–Trinajstić information content (AvgIpc) is 2.96. The van der Waals surface area contributed by atoms with Gasteiger partial charge in [-0.3, -0.25) is 0 Å². The number of benzene rings is 4. The van der Waals surface area contributed by atoms with Crippen molar-refractivity contribution in [3.05, 3.63) is 78.4 Å². The van der Waals surface area contributed by atoms with Crippen molar-refractivity contribution in [2.75, 3.05) is 35.5 Å². The molecule has 0 saturated carbocycles. The quantitative estimate of drug-likeness (QED) is 0.226. The van der Waals surface area contributed by atoms with E-state index < -0.39 is 9.84 Å². The van der Waals surface area contributed by atoms with Crippen molar-refractivity contribution in [2.24, 2.45) is 0 Å².